The summed E-state index contributed by atoms with van der Waals surface area (Å²) < 4.78 is 4.90. The van der Waals surface area contributed by atoms with Crippen LogP contribution in [0.1, 0.15) is 0 Å². The molecule has 0 saturated heterocycles. The van der Waals surface area contributed by atoms with Gasteiger partial charge < -0.3 is 10.1 Å². The summed E-state index contributed by atoms with van der Waals surface area (Å²) in [5.74, 6) is 0.920. The number of anilines is 1. The van der Waals surface area contributed by atoms with Gasteiger partial charge in [0.2, 0.25) is 5.88 Å². The Labute approximate surface area is 80.7 Å². The maximum atomic E-state index is 5.79. The topological polar surface area (TPSA) is 34.2 Å². The molecule has 0 spiro atoms. The molecule has 0 atom stereocenters. The number of ether oxygens (including phenoxy) is 1. The number of nitrogens with one attached hydrogen (secondary N) is 1. The van der Waals surface area contributed by atoms with Crippen LogP contribution < -0.4 is 10.1 Å². The number of aromatic nitrogens is 1. The van der Waals surface area contributed by atoms with Crippen molar-refractivity contribution in [3.05, 3.63) is 16.1 Å². The number of rotatable bonds is 2. The van der Waals surface area contributed by atoms with Crippen molar-refractivity contribution < 1.29 is 4.74 Å². The van der Waals surface area contributed by atoms with E-state index in [1.807, 2.05) is 0 Å². The Morgan fingerprint density at radius 3 is 2.58 bits per heavy atom. The van der Waals surface area contributed by atoms with Crippen molar-refractivity contribution in [2.45, 2.75) is 0 Å². The Balaban J connectivity index is 3.18. The second-order valence-electron chi connectivity index (χ2n) is 2.06. The highest BCUT2D eigenvalue weighted by molar-refractivity contribution is 6.36. The number of nitrogens with zero attached hydrogens (tertiary/aromatic N) is 1. The van der Waals surface area contributed by atoms with Crippen LogP contribution in [0, 0.1) is 0 Å². The van der Waals surface area contributed by atoms with Gasteiger partial charge in [0, 0.05) is 7.05 Å². The molecule has 3 nitrogen and oxygen atoms in total. The van der Waals surface area contributed by atoms with E-state index in [0.717, 1.165) is 0 Å². The van der Waals surface area contributed by atoms with E-state index < -0.39 is 0 Å². The van der Waals surface area contributed by atoms with E-state index in [1.165, 1.54) is 7.11 Å². The minimum Gasteiger partial charge on any atom is -0.480 e. The molecule has 0 aliphatic heterocycles. The molecular weight excluding hydrogens is 199 g/mol. The van der Waals surface area contributed by atoms with E-state index in [1.54, 1.807) is 13.1 Å². The van der Waals surface area contributed by atoms with E-state index in [4.69, 9.17) is 27.9 Å². The maximum Gasteiger partial charge on any atom is 0.234 e. The fraction of sp³-hybridized carbons (Fsp3) is 0.286. The second kappa shape index (κ2) is 3.83. The normalized spacial score (nSPS) is 9.67. The Morgan fingerprint density at radius 2 is 2.08 bits per heavy atom. The molecule has 0 aliphatic rings. The number of methoxy groups -OCH3 is 1. The zero-order chi connectivity index (χ0) is 9.14. The Hall–Kier alpha value is -0.670. The molecule has 5 heteroatoms. The summed E-state index contributed by atoms with van der Waals surface area (Å²) in [6.07, 6.45) is 0. The van der Waals surface area contributed by atoms with Gasteiger partial charge in [-0.1, -0.05) is 23.2 Å². The van der Waals surface area contributed by atoms with Gasteiger partial charge in [0.15, 0.2) is 0 Å². The first-order valence-corrected chi connectivity index (χ1v) is 4.02. The Bertz CT molecular complexity index is 266. The largest absolute Gasteiger partial charge is 0.480 e. The van der Waals surface area contributed by atoms with Gasteiger partial charge in [-0.25, -0.2) is 0 Å². The van der Waals surface area contributed by atoms with E-state index in [-0.39, 0.29) is 0 Å². The van der Waals surface area contributed by atoms with Crippen LogP contribution in [0.5, 0.6) is 5.88 Å². The lowest BCUT2D eigenvalue weighted by Crippen LogP contribution is -1.96. The van der Waals surface area contributed by atoms with Crippen molar-refractivity contribution in [1.82, 2.24) is 4.98 Å². The van der Waals surface area contributed by atoms with Crippen LogP contribution in [0.25, 0.3) is 0 Å². The molecule has 0 unspecified atom stereocenters. The Kier molecular flexibility index (Phi) is 3.00. The van der Waals surface area contributed by atoms with Gasteiger partial charge in [0.05, 0.1) is 12.1 Å². The molecule has 1 aromatic heterocycles. The van der Waals surface area contributed by atoms with Gasteiger partial charge >= 0.3 is 0 Å². The summed E-state index contributed by atoms with van der Waals surface area (Å²) in [4.78, 5) is 4.01. The third-order valence-electron chi connectivity index (χ3n) is 1.33. The van der Waals surface area contributed by atoms with Gasteiger partial charge in [0.1, 0.15) is 10.8 Å². The van der Waals surface area contributed by atoms with E-state index >= 15 is 0 Å². The van der Waals surface area contributed by atoms with E-state index in [0.29, 0.717) is 21.7 Å². The molecule has 66 valence electrons. The number of halogens is 2. The van der Waals surface area contributed by atoms with Crippen molar-refractivity contribution in [1.29, 1.82) is 0 Å². The SMILES string of the molecule is CNc1nc(OC)c(Cl)cc1Cl. The van der Waals surface area contributed by atoms with Crippen LogP contribution in [0.15, 0.2) is 6.07 Å². The van der Waals surface area contributed by atoms with Crippen LogP contribution in [0.2, 0.25) is 10.0 Å². The summed E-state index contributed by atoms with van der Waals surface area (Å²) in [5, 5.41) is 3.69. The van der Waals surface area contributed by atoms with Crippen molar-refractivity contribution in [3.8, 4) is 5.88 Å². The van der Waals surface area contributed by atoms with Crippen LogP contribution in [-0.4, -0.2) is 19.1 Å². The zero-order valence-electron chi connectivity index (χ0n) is 6.69. The van der Waals surface area contributed by atoms with Gasteiger partial charge in [-0.05, 0) is 6.07 Å². The fourth-order valence-electron chi connectivity index (χ4n) is 0.768. The van der Waals surface area contributed by atoms with E-state index in [9.17, 15) is 0 Å². The van der Waals surface area contributed by atoms with Crippen molar-refractivity contribution in [2.75, 3.05) is 19.5 Å². The summed E-state index contributed by atoms with van der Waals surface area (Å²) in [6.45, 7) is 0. The smallest absolute Gasteiger partial charge is 0.234 e. The third-order valence-corrected chi connectivity index (χ3v) is 1.89. The Morgan fingerprint density at radius 1 is 1.42 bits per heavy atom. The van der Waals surface area contributed by atoms with Gasteiger partial charge in [-0.3, -0.25) is 0 Å². The molecule has 0 radical (unpaired) electrons. The molecule has 0 bridgehead atoms. The first-order valence-electron chi connectivity index (χ1n) is 3.26. The highest BCUT2D eigenvalue weighted by Gasteiger charge is 2.07. The number of hydrogen-bond acceptors (Lipinski definition) is 3. The van der Waals surface area contributed by atoms with E-state index in [2.05, 4.69) is 10.3 Å². The lowest BCUT2D eigenvalue weighted by Gasteiger charge is -2.06. The molecule has 1 heterocycles. The first-order chi connectivity index (χ1) is 5.69. The summed E-state index contributed by atoms with van der Waals surface area (Å²) in [6, 6.07) is 1.58. The lowest BCUT2D eigenvalue weighted by molar-refractivity contribution is 0.399. The van der Waals surface area contributed by atoms with Gasteiger partial charge in [-0.15, -0.1) is 0 Å². The highest BCUT2D eigenvalue weighted by atomic mass is 35.5. The summed E-state index contributed by atoms with van der Waals surface area (Å²) in [7, 11) is 3.23. The van der Waals surface area contributed by atoms with Crippen molar-refractivity contribution >= 4 is 29.0 Å². The molecule has 0 aliphatic carbocycles. The van der Waals surface area contributed by atoms with Crippen LogP contribution in [-0.2, 0) is 0 Å². The van der Waals surface area contributed by atoms with Crippen LogP contribution >= 0.6 is 23.2 Å². The third kappa shape index (κ3) is 1.73. The fourth-order valence-corrected chi connectivity index (χ4v) is 1.30. The minimum absolute atomic E-state index is 0.366. The lowest BCUT2D eigenvalue weighted by atomic mass is 10.4. The summed E-state index contributed by atoms with van der Waals surface area (Å²) in [5.41, 5.74) is 0. The molecule has 1 N–H and O–H groups in total. The molecule has 0 fully saturated rings. The predicted octanol–water partition coefficient (Wildman–Crippen LogP) is 2.44. The molecule has 0 saturated carbocycles. The highest BCUT2D eigenvalue weighted by Crippen LogP contribution is 2.29. The molecule has 1 aromatic rings. The second-order valence-corrected chi connectivity index (χ2v) is 2.87. The standard InChI is InChI=1S/C7H8Cl2N2O/c1-10-6-4(8)3-5(9)7(11-6)12-2/h3H,1-2H3,(H,10,11). The molecule has 12 heavy (non-hydrogen) atoms. The number of hydrogen-bond donors (Lipinski definition) is 1. The zero-order valence-corrected chi connectivity index (χ0v) is 8.20. The minimum atomic E-state index is 0.366. The van der Waals surface area contributed by atoms with Crippen molar-refractivity contribution in [3.63, 3.8) is 0 Å². The molecule has 0 aromatic carbocycles. The van der Waals surface area contributed by atoms with Gasteiger partial charge in [0.25, 0.3) is 0 Å². The number of pyridine rings is 1. The van der Waals surface area contributed by atoms with Crippen molar-refractivity contribution in [2.24, 2.45) is 0 Å². The predicted molar refractivity (Wildman–Crippen MR) is 50.4 cm³/mol. The van der Waals surface area contributed by atoms with Crippen LogP contribution in [0.4, 0.5) is 5.82 Å². The average molecular weight is 207 g/mol. The first kappa shape index (κ1) is 9.42. The molecule has 0 amide bonds. The average Bonchev–Trinajstić information content (AvgIpc) is 2.05. The molecule has 1 rings (SSSR count). The summed E-state index contributed by atoms with van der Waals surface area (Å²) >= 11 is 11.6. The van der Waals surface area contributed by atoms with Crippen LogP contribution in [0.3, 0.4) is 0 Å². The monoisotopic (exact) mass is 206 g/mol. The van der Waals surface area contributed by atoms with Gasteiger partial charge in [-0.2, -0.15) is 4.98 Å². The quantitative estimate of drug-likeness (QED) is 0.808. The molecular formula is C7H8Cl2N2O. The maximum absolute atomic E-state index is 5.79.